The number of alkyl halides is 1. The summed E-state index contributed by atoms with van der Waals surface area (Å²) in [5.41, 5.74) is 0. The van der Waals surface area contributed by atoms with Gasteiger partial charge in [-0.15, -0.1) is 0 Å². The average molecular weight is 119 g/mol. The molecule has 8 heavy (non-hydrogen) atoms. The van der Waals surface area contributed by atoms with Crippen LogP contribution < -0.4 is 5.32 Å². The summed E-state index contributed by atoms with van der Waals surface area (Å²) < 4.78 is 11.3. The lowest BCUT2D eigenvalue weighted by Gasteiger charge is -2.03. The van der Waals surface area contributed by atoms with Crippen LogP contribution in [0, 0.1) is 0 Å². The summed E-state index contributed by atoms with van der Waals surface area (Å²) in [4.78, 5) is 10.1. The molecule has 48 valence electrons. The molecule has 0 aromatic carbocycles. The van der Waals surface area contributed by atoms with Crippen molar-refractivity contribution >= 4 is 5.91 Å². The predicted octanol–water partition coefficient (Wildman–Crippen LogP) is 0.480. The predicted molar refractivity (Wildman–Crippen MR) is 29.3 cm³/mol. The third-order valence-corrected chi connectivity index (χ3v) is 0.571. The first kappa shape index (κ1) is 7.40. The van der Waals surface area contributed by atoms with Gasteiger partial charge < -0.3 is 5.32 Å². The Morgan fingerprint density at radius 1 is 1.75 bits per heavy atom. The number of amides is 1. The molecular formula is C5H10FNO. The van der Waals surface area contributed by atoms with E-state index in [9.17, 15) is 9.18 Å². The number of carbonyl (C=O) groups is 1. The normalized spacial score (nSPS) is 9.50. The van der Waals surface area contributed by atoms with Crippen molar-refractivity contribution in [2.24, 2.45) is 0 Å². The van der Waals surface area contributed by atoms with Gasteiger partial charge in [0.25, 0.3) is 5.91 Å². The second-order valence-electron chi connectivity index (χ2n) is 1.86. The molecule has 0 radical (unpaired) electrons. The van der Waals surface area contributed by atoms with Crippen LogP contribution in [0.4, 0.5) is 4.39 Å². The van der Waals surface area contributed by atoms with E-state index >= 15 is 0 Å². The molecule has 0 fully saturated rings. The van der Waals surface area contributed by atoms with Crippen LogP contribution in [0.3, 0.4) is 0 Å². The van der Waals surface area contributed by atoms with Crippen molar-refractivity contribution in [1.29, 1.82) is 0 Å². The van der Waals surface area contributed by atoms with Crippen LogP contribution in [0.5, 0.6) is 0 Å². The van der Waals surface area contributed by atoms with Crippen LogP contribution in [0.25, 0.3) is 0 Å². The fourth-order valence-corrected chi connectivity index (χ4v) is 0.361. The Kier molecular flexibility index (Phi) is 3.15. The van der Waals surface area contributed by atoms with Gasteiger partial charge in [0.15, 0.2) is 6.67 Å². The Bertz CT molecular complexity index is 82.5. The molecule has 0 aromatic rings. The number of halogens is 1. The minimum Gasteiger partial charge on any atom is -0.352 e. The van der Waals surface area contributed by atoms with Gasteiger partial charge in [0.1, 0.15) is 0 Å². The highest BCUT2D eigenvalue weighted by Gasteiger charge is 1.98. The molecule has 2 nitrogen and oxygen atoms in total. The van der Waals surface area contributed by atoms with Crippen LogP contribution in [0.2, 0.25) is 0 Å². The minimum absolute atomic E-state index is 0.0400. The van der Waals surface area contributed by atoms with E-state index in [0.717, 1.165) is 0 Å². The maximum atomic E-state index is 11.3. The molecule has 0 atom stereocenters. The Hall–Kier alpha value is -0.600. The summed E-state index contributed by atoms with van der Waals surface area (Å²) in [5, 5.41) is 2.38. The quantitative estimate of drug-likeness (QED) is 0.562. The topological polar surface area (TPSA) is 29.1 Å². The monoisotopic (exact) mass is 119 g/mol. The van der Waals surface area contributed by atoms with Crippen molar-refractivity contribution in [3.8, 4) is 0 Å². The van der Waals surface area contributed by atoms with Gasteiger partial charge in [-0.1, -0.05) is 0 Å². The van der Waals surface area contributed by atoms with Crippen molar-refractivity contribution in [1.82, 2.24) is 5.32 Å². The number of nitrogens with one attached hydrogen (secondary N) is 1. The number of hydrogen-bond donors (Lipinski definition) is 1. The van der Waals surface area contributed by atoms with Gasteiger partial charge >= 0.3 is 0 Å². The summed E-state index contributed by atoms with van der Waals surface area (Å²) in [5.74, 6) is -0.542. The summed E-state index contributed by atoms with van der Waals surface area (Å²) in [6.45, 7) is 2.65. The van der Waals surface area contributed by atoms with Crippen LogP contribution in [-0.4, -0.2) is 18.6 Å². The van der Waals surface area contributed by atoms with Gasteiger partial charge in [-0.05, 0) is 13.8 Å². The SMILES string of the molecule is CC(C)NC(=O)CF. The van der Waals surface area contributed by atoms with Gasteiger partial charge in [-0.25, -0.2) is 4.39 Å². The first-order chi connectivity index (χ1) is 3.66. The Balaban J connectivity index is 3.25. The van der Waals surface area contributed by atoms with E-state index in [-0.39, 0.29) is 6.04 Å². The fraction of sp³-hybridized carbons (Fsp3) is 0.800. The van der Waals surface area contributed by atoms with Gasteiger partial charge in [-0.2, -0.15) is 0 Å². The van der Waals surface area contributed by atoms with Gasteiger partial charge in [0, 0.05) is 6.04 Å². The number of carbonyl (C=O) groups excluding carboxylic acids is 1. The van der Waals surface area contributed by atoms with Gasteiger partial charge in [0.05, 0.1) is 0 Å². The molecule has 0 bridgehead atoms. The molecule has 0 spiro atoms. The van der Waals surface area contributed by atoms with E-state index in [1.54, 1.807) is 13.8 Å². The molecule has 0 unspecified atom stereocenters. The third kappa shape index (κ3) is 3.59. The molecule has 0 rings (SSSR count). The largest absolute Gasteiger partial charge is 0.352 e. The van der Waals surface area contributed by atoms with Crippen molar-refractivity contribution < 1.29 is 9.18 Å². The second-order valence-corrected chi connectivity index (χ2v) is 1.86. The minimum atomic E-state index is -0.918. The van der Waals surface area contributed by atoms with E-state index < -0.39 is 12.6 Å². The molecule has 0 saturated carbocycles. The number of hydrogen-bond acceptors (Lipinski definition) is 1. The Morgan fingerprint density at radius 2 is 2.25 bits per heavy atom. The lowest BCUT2D eigenvalue weighted by Crippen LogP contribution is -2.31. The zero-order valence-corrected chi connectivity index (χ0v) is 5.07. The fourth-order valence-electron chi connectivity index (χ4n) is 0.361. The van der Waals surface area contributed by atoms with Crippen LogP contribution >= 0.6 is 0 Å². The Morgan fingerprint density at radius 3 is 2.38 bits per heavy atom. The maximum absolute atomic E-state index is 11.3. The van der Waals surface area contributed by atoms with Gasteiger partial charge in [-0.3, -0.25) is 4.79 Å². The highest BCUT2D eigenvalue weighted by molar-refractivity contribution is 5.77. The van der Waals surface area contributed by atoms with Crippen molar-refractivity contribution in [2.45, 2.75) is 19.9 Å². The molecule has 0 heterocycles. The molecule has 1 amide bonds. The highest BCUT2D eigenvalue weighted by Crippen LogP contribution is 1.76. The lowest BCUT2D eigenvalue weighted by molar-refractivity contribution is -0.122. The summed E-state index contributed by atoms with van der Waals surface area (Å²) in [6.07, 6.45) is 0. The second kappa shape index (κ2) is 3.41. The first-order valence-electron chi connectivity index (χ1n) is 2.52. The van der Waals surface area contributed by atoms with E-state index in [2.05, 4.69) is 5.32 Å². The average Bonchev–Trinajstić information content (AvgIpc) is 1.65. The van der Waals surface area contributed by atoms with Crippen LogP contribution in [0.1, 0.15) is 13.8 Å². The highest BCUT2D eigenvalue weighted by atomic mass is 19.1. The van der Waals surface area contributed by atoms with E-state index in [0.29, 0.717) is 0 Å². The van der Waals surface area contributed by atoms with Crippen LogP contribution in [0.15, 0.2) is 0 Å². The van der Waals surface area contributed by atoms with Crippen molar-refractivity contribution in [3.05, 3.63) is 0 Å². The first-order valence-corrected chi connectivity index (χ1v) is 2.52. The molecule has 1 N–H and O–H groups in total. The van der Waals surface area contributed by atoms with Crippen LogP contribution in [-0.2, 0) is 4.79 Å². The summed E-state index contributed by atoms with van der Waals surface area (Å²) in [7, 11) is 0. The Labute approximate surface area is 48.1 Å². The molecule has 0 saturated heterocycles. The van der Waals surface area contributed by atoms with Crippen molar-refractivity contribution in [2.75, 3.05) is 6.67 Å². The van der Waals surface area contributed by atoms with Crippen molar-refractivity contribution in [3.63, 3.8) is 0 Å². The molecule has 0 aliphatic rings. The summed E-state index contributed by atoms with van der Waals surface area (Å²) >= 11 is 0. The van der Waals surface area contributed by atoms with Gasteiger partial charge in [0.2, 0.25) is 0 Å². The zero-order valence-electron chi connectivity index (χ0n) is 5.07. The van der Waals surface area contributed by atoms with E-state index in [4.69, 9.17) is 0 Å². The smallest absolute Gasteiger partial charge is 0.251 e. The molecule has 0 aliphatic carbocycles. The lowest BCUT2D eigenvalue weighted by atomic mass is 10.4. The molecule has 3 heteroatoms. The maximum Gasteiger partial charge on any atom is 0.251 e. The molecular weight excluding hydrogens is 109 g/mol. The third-order valence-electron chi connectivity index (χ3n) is 0.571. The van der Waals surface area contributed by atoms with E-state index in [1.165, 1.54) is 0 Å². The summed E-state index contributed by atoms with van der Waals surface area (Å²) in [6, 6.07) is 0.0400. The zero-order chi connectivity index (χ0) is 6.57. The van der Waals surface area contributed by atoms with E-state index in [1.807, 2.05) is 0 Å². The number of rotatable bonds is 2. The standard InChI is InChI=1S/C5H10FNO/c1-4(2)7-5(8)3-6/h4H,3H2,1-2H3,(H,7,8). The molecule has 0 aliphatic heterocycles. The molecule has 0 aromatic heterocycles.